The van der Waals surface area contributed by atoms with Crippen molar-refractivity contribution in [3.63, 3.8) is 0 Å². The van der Waals surface area contributed by atoms with Gasteiger partial charge in [-0.1, -0.05) is 0 Å². The van der Waals surface area contributed by atoms with Gasteiger partial charge in [0.15, 0.2) is 11.6 Å². The van der Waals surface area contributed by atoms with E-state index in [0.29, 0.717) is 0 Å². The first kappa shape index (κ1) is 18.1. The van der Waals surface area contributed by atoms with E-state index in [0.717, 1.165) is 25.3 Å². The minimum absolute atomic E-state index is 0.0421. The van der Waals surface area contributed by atoms with Gasteiger partial charge in [-0.15, -0.1) is 0 Å². The minimum Gasteiger partial charge on any atom is -0.490 e. The van der Waals surface area contributed by atoms with Crippen molar-refractivity contribution in [3.8, 4) is 5.75 Å². The first-order chi connectivity index (χ1) is 10.1. The summed E-state index contributed by atoms with van der Waals surface area (Å²) in [4.78, 5) is 11.2. The zero-order chi connectivity index (χ0) is 17.0. The molecule has 0 fully saturated rings. The van der Waals surface area contributed by atoms with Crippen molar-refractivity contribution in [2.24, 2.45) is 0 Å². The third kappa shape index (κ3) is 4.54. The summed E-state index contributed by atoms with van der Waals surface area (Å²) in [5, 5.41) is 0. The molecule has 0 bridgehead atoms. The van der Waals surface area contributed by atoms with Gasteiger partial charge in [0.1, 0.15) is 0 Å². The summed E-state index contributed by atoms with van der Waals surface area (Å²) in [7, 11) is 1.10. The molecule has 0 amide bonds. The van der Waals surface area contributed by atoms with Crippen molar-refractivity contribution >= 4 is 5.97 Å². The Balaban J connectivity index is 2.60. The van der Waals surface area contributed by atoms with E-state index in [1.165, 1.54) is 0 Å². The van der Waals surface area contributed by atoms with E-state index in [-0.39, 0.29) is 5.56 Å². The van der Waals surface area contributed by atoms with Crippen LogP contribution in [0.1, 0.15) is 23.2 Å². The molecule has 0 heterocycles. The SMILES string of the molecule is COC(=O)c1ccc(F)c(OCCCC(F)(F)C(F)(F)F)c1. The number of esters is 1. The van der Waals surface area contributed by atoms with Crippen molar-refractivity contribution in [3.05, 3.63) is 29.6 Å². The largest absolute Gasteiger partial charge is 0.490 e. The lowest BCUT2D eigenvalue weighted by molar-refractivity contribution is -0.284. The third-order valence-corrected chi connectivity index (χ3v) is 2.66. The van der Waals surface area contributed by atoms with Gasteiger partial charge in [0.05, 0.1) is 19.3 Å². The van der Waals surface area contributed by atoms with Crippen LogP contribution in [0.2, 0.25) is 0 Å². The lowest BCUT2D eigenvalue weighted by Gasteiger charge is -2.19. The highest BCUT2D eigenvalue weighted by Crippen LogP contribution is 2.38. The maximum absolute atomic E-state index is 13.4. The van der Waals surface area contributed by atoms with Gasteiger partial charge in [-0.25, -0.2) is 9.18 Å². The second-order valence-electron chi connectivity index (χ2n) is 4.29. The molecule has 0 N–H and O–H groups in total. The number of halogens is 6. The summed E-state index contributed by atoms with van der Waals surface area (Å²) < 4.78 is 83.6. The molecule has 3 nitrogen and oxygen atoms in total. The van der Waals surface area contributed by atoms with Gasteiger partial charge in [0, 0.05) is 6.42 Å². The fraction of sp³-hybridized carbons (Fsp3) is 0.462. The van der Waals surface area contributed by atoms with Crippen molar-refractivity contribution in [1.29, 1.82) is 0 Å². The van der Waals surface area contributed by atoms with E-state index in [4.69, 9.17) is 4.74 Å². The molecule has 22 heavy (non-hydrogen) atoms. The molecule has 0 spiro atoms. The van der Waals surface area contributed by atoms with E-state index in [1.54, 1.807) is 0 Å². The number of carbonyl (C=O) groups excluding carboxylic acids is 1. The number of hydrogen-bond donors (Lipinski definition) is 0. The van der Waals surface area contributed by atoms with Crippen LogP contribution in [0.3, 0.4) is 0 Å². The molecule has 0 aliphatic carbocycles. The Morgan fingerprint density at radius 3 is 2.36 bits per heavy atom. The lowest BCUT2D eigenvalue weighted by atomic mass is 10.2. The van der Waals surface area contributed by atoms with Crippen molar-refractivity contribution in [2.75, 3.05) is 13.7 Å². The number of hydrogen-bond acceptors (Lipinski definition) is 3. The molecule has 0 unspecified atom stereocenters. The number of ether oxygens (including phenoxy) is 2. The Morgan fingerprint density at radius 1 is 1.18 bits per heavy atom. The Bertz CT molecular complexity index is 527. The predicted octanol–water partition coefficient (Wildman–Crippen LogP) is 3.97. The highest BCUT2D eigenvalue weighted by molar-refractivity contribution is 5.89. The van der Waals surface area contributed by atoms with Crippen LogP contribution in [0, 0.1) is 5.82 Å². The van der Waals surface area contributed by atoms with E-state index in [9.17, 15) is 31.1 Å². The third-order valence-electron chi connectivity index (χ3n) is 2.66. The number of benzene rings is 1. The number of carbonyl (C=O) groups is 1. The summed E-state index contributed by atoms with van der Waals surface area (Å²) in [6.45, 7) is -0.562. The van der Waals surface area contributed by atoms with E-state index < -0.39 is 49.1 Å². The van der Waals surface area contributed by atoms with Gasteiger partial charge >= 0.3 is 18.1 Å². The number of alkyl halides is 5. The Labute approximate surface area is 121 Å². The van der Waals surface area contributed by atoms with Crippen molar-refractivity contribution in [2.45, 2.75) is 24.9 Å². The van der Waals surface area contributed by atoms with E-state index in [2.05, 4.69) is 4.74 Å². The molecular formula is C13H12F6O3. The van der Waals surface area contributed by atoms with Crippen molar-refractivity contribution < 1.29 is 40.6 Å². The van der Waals surface area contributed by atoms with Crippen LogP contribution in [0.25, 0.3) is 0 Å². The summed E-state index contributed by atoms with van der Waals surface area (Å²) in [5.41, 5.74) is -0.0421. The summed E-state index contributed by atoms with van der Waals surface area (Å²) in [6, 6.07) is 2.99. The quantitative estimate of drug-likeness (QED) is 0.450. The number of rotatable bonds is 6. The smallest absolute Gasteiger partial charge is 0.453 e. The van der Waals surface area contributed by atoms with Crippen LogP contribution in [-0.2, 0) is 4.74 Å². The fourth-order valence-electron chi connectivity index (χ4n) is 1.48. The zero-order valence-electron chi connectivity index (χ0n) is 11.3. The molecule has 0 atom stereocenters. The molecule has 1 rings (SSSR count). The molecular weight excluding hydrogens is 318 g/mol. The molecule has 0 aliphatic heterocycles. The summed E-state index contributed by atoms with van der Waals surface area (Å²) >= 11 is 0. The molecule has 0 saturated heterocycles. The van der Waals surface area contributed by atoms with Gasteiger partial charge in [-0.2, -0.15) is 22.0 Å². The summed E-state index contributed by atoms with van der Waals surface area (Å²) in [6.07, 6.45) is -7.76. The predicted molar refractivity (Wildman–Crippen MR) is 63.5 cm³/mol. The fourth-order valence-corrected chi connectivity index (χ4v) is 1.48. The van der Waals surface area contributed by atoms with Crippen LogP contribution in [0.15, 0.2) is 18.2 Å². The normalized spacial score (nSPS) is 12.1. The Kier molecular flexibility index (Phi) is 5.67. The van der Waals surface area contributed by atoms with Crippen LogP contribution >= 0.6 is 0 Å². The van der Waals surface area contributed by atoms with Gasteiger partial charge in [-0.3, -0.25) is 0 Å². The molecule has 0 radical (unpaired) electrons. The second-order valence-corrected chi connectivity index (χ2v) is 4.29. The average Bonchev–Trinajstić information content (AvgIpc) is 2.43. The maximum Gasteiger partial charge on any atom is 0.453 e. The molecule has 124 valence electrons. The molecule has 0 saturated carbocycles. The zero-order valence-corrected chi connectivity index (χ0v) is 11.3. The van der Waals surface area contributed by atoms with Crippen molar-refractivity contribution in [1.82, 2.24) is 0 Å². The molecule has 0 aliphatic rings. The highest BCUT2D eigenvalue weighted by atomic mass is 19.4. The standard InChI is InChI=1S/C13H12F6O3/c1-21-11(20)8-3-4-9(14)10(7-8)22-6-2-5-12(15,16)13(17,18)19/h3-4,7H,2,5-6H2,1H3. The highest BCUT2D eigenvalue weighted by Gasteiger charge is 2.56. The molecule has 1 aromatic rings. The van der Waals surface area contributed by atoms with Crippen LogP contribution in [0.5, 0.6) is 5.75 Å². The average molecular weight is 330 g/mol. The molecule has 0 aromatic heterocycles. The minimum atomic E-state index is -5.64. The topological polar surface area (TPSA) is 35.5 Å². The van der Waals surface area contributed by atoms with Crippen LogP contribution in [-0.4, -0.2) is 31.8 Å². The van der Waals surface area contributed by atoms with Gasteiger partial charge in [-0.05, 0) is 24.6 Å². The summed E-state index contributed by atoms with van der Waals surface area (Å²) in [5.74, 6) is -6.91. The van der Waals surface area contributed by atoms with Gasteiger partial charge in [0.25, 0.3) is 0 Å². The first-order valence-electron chi connectivity index (χ1n) is 6.03. The Morgan fingerprint density at radius 2 is 1.82 bits per heavy atom. The monoisotopic (exact) mass is 330 g/mol. The first-order valence-corrected chi connectivity index (χ1v) is 6.03. The maximum atomic E-state index is 13.4. The van der Waals surface area contributed by atoms with Gasteiger partial charge in [0.2, 0.25) is 0 Å². The molecule has 9 heteroatoms. The lowest BCUT2D eigenvalue weighted by Crippen LogP contribution is -2.36. The van der Waals surface area contributed by atoms with Gasteiger partial charge < -0.3 is 9.47 Å². The molecule has 1 aromatic carbocycles. The van der Waals surface area contributed by atoms with Crippen LogP contribution < -0.4 is 4.74 Å². The van der Waals surface area contributed by atoms with Crippen LogP contribution in [0.4, 0.5) is 26.3 Å². The Hall–Kier alpha value is -1.93. The van der Waals surface area contributed by atoms with E-state index in [1.807, 2.05) is 0 Å². The number of methoxy groups -OCH3 is 1. The van der Waals surface area contributed by atoms with E-state index >= 15 is 0 Å². The second kappa shape index (κ2) is 6.89.